The van der Waals surface area contributed by atoms with Gasteiger partial charge in [0, 0.05) is 12.1 Å². The number of benzene rings is 2. The second-order valence-corrected chi connectivity index (χ2v) is 6.46. The Morgan fingerprint density at radius 1 is 1.23 bits per heavy atom. The number of carbonyl (C=O) groups excluding carboxylic acids is 2. The van der Waals surface area contributed by atoms with E-state index in [1.165, 1.54) is 36.3 Å². The van der Waals surface area contributed by atoms with Crippen molar-refractivity contribution in [3.63, 3.8) is 0 Å². The maximum absolute atomic E-state index is 13.1. The van der Waals surface area contributed by atoms with Gasteiger partial charge in [-0.2, -0.15) is 0 Å². The highest BCUT2D eigenvalue weighted by Gasteiger charge is 2.34. The molecule has 0 aromatic heterocycles. The molecule has 1 heterocycles. The van der Waals surface area contributed by atoms with Gasteiger partial charge in [-0.15, -0.1) is 0 Å². The number of nitro benzene ring substituents is 1. The van der Waals surface area contributed by atoms with Crippen molar-refractivity contribution in [2.45, 2.75) is 6.92 Å². The average molecular weight is 427 g/mol. The molecule has 30 heavy (non-hydrogen) atoms. The van der Waals surface area contributed by atoms with Crippen molar-refractivity contribution in [1.29, 1.82) is 0 Å². The molecule has 0 bridgehead atoms. The van der Waals surface area contributed by atoms with Crippen LogP contribution in [-0.4, -0.2) is 35.6 Å². The van der Waals surface area contributed by atoms with E-state index in [0.717, 1.165) is 0 Å². The first-order chi connectivity index (χ1) is 14.3. The smallest absolute Gasteiger partial charge is 0.311 e. The number of nitrogens with one attached hydrogen (secondary N) is 1. The van der Waals surface area contributed by atoms with Crippen LogP contribution in [0.5, 0.6) is 11.5 Å². The summed E-state index contributed by atoms with van der Waals surface area (Å²) in [5.74, 6) is -0.743. The molecule has 1 N–H and O–H groups in total. The van der Waals surface area contributed by atoms with Crippen LogP contribution in [-0.2, 0) is 9.59 Å². The summed E-state index contributed by atoms with van der Waals surface area (Å²) in [5.41, 5.74) is 0.205. The van der Waals surface area contributed by atoms with Crippen LogP contribution >= 0.6 is 12.2 Å². The molecule has 0 atom stereocenters. The zero-order valence-corrected chi connectivity index (χ0v) is 16.9. The minimum absolute atomic E-state index is 0.0668. The lowest BCUT2D eigenvalue weighted by molar-refractivity contribution is -0.385. The molecule has 0 unspecified atom stereocenters. The van der Waals surface area contributed by atoms with E-state index in [2.05, 4.69) is 5.32 Å². The largest absolute Gasteiger partial charge is 0.494 e. The minimum Gasteiger partial charge on any atom is -0.494 e. The molecule has 0 radical (unpaired) electrons. The Balaban J connectivity index is 2.01. The normalized spacial score (nSPS) is 15.2. The molecule has 1 fully saturated rings. The summed E-state index contributed by atoms with van der Waals surface area (Å²) < 4.78 is 10.4. The van der Waals surface area contributed by atoms with Crippen LogP contribution in [0.3, 0.4) is 0 Å². The Labute approximate surface area is 177 Å². The van der Waals surface area contributed by atoms with Crippen LogP contribution in [0.1, 0.15) is 12.5 Å². The van der Waals surface area contributed by atoms with Gasteiger partial charge < -0.3 is 9.47 Å². The van der Waals surface area contributed by atoms with Gasteiger partial charge in [-0.1, -0.05) is 12.1 Å². The number of amides is 2. The van der Waals surface area contributed by atoms with E-state index in [0.29, 0.717) is 18.0 Å². The quantitative estimate of drug-likeness (QED) is 0.248. The zero-order valence-electron chi connectivity index (χ0n) is 16.1. The molecule has 154 valence electrons. The Morgan fingerprint density at radius 3 is 2.67 bits per heavy atom. The number of nitrogens with zero attached hydrogens (tertiary/aromatic N) is 2. The minimum atomic E-state index is -0.694. The molecule has 0 saturated carbocycles. The van der Waals surface area contributed by atoms with Crippen LogP contribution in [0.15, 0.2) is 48.0 Å². The molecule has 3 rings (SSSR count). The maximum atomic E-state index is 13.1. The van der Waals surface area contributed by atoms with Crippen LogP contribution in [0.25, 0.3) is 6.08 Å². The van der Waals surface area contributed by atoms with Gasteiger partial charge >= 0.3 is 5.69 Å². The van der Waals surface area contributed by atoms with Crippen molar-refractivity contribution in [2.24, 2.45) is 0 Å². The van der Waals surface area contributed by atoms with E-state index >= 15 is 0 Å². The van der Waals surface area contributed by atoms with E-state index in [1.807, 2.05) is 6.92 Å². The summed E-state index contributed by atoms with van der Waals surface area (Å²) in [4.78, 5) is 37.3. The zero-order chi connectivity index (χ0) is 21.8. The van der Waals surface area contributed by atoms with Crippen molar-refractivity contribution in [1.82, 2.24) is 5.32 Å². The predicted octanol–water partition coefficient (Wildman–Crippen LogP) is 2.83. The highest BCUT2D eigenvalue weighted by Crippen LogP contribution is 2.30. The highest BCUT2D eigenvalue weighted by molar-refractivity contribution is 7.80. The third-order valence-electron chi connectivity index (χ3n) is 4.20. The summed E-state index contributed by atoms with van der Waals surface area (Å²) in [5, 5.41) is 13.6. The second kappa shape index (κ2) is 8.70. The molecule has 1 aliphatic heterocycles. The number of hydrogen-bond acceptors (Lipinski definition) is 7. The lowest BCUT2D eigenvalue weighted by atomic mass is 10.1. The van der Waals surface area contributed by atoms with E-state index in [1.54, 1.807) is 24.3 Å². The summed E-state index contributed by atoms with van der Waals surface area (Å²) in [6, 6.07) is 10.8. The molecule has 1 aliphatic rings. The SMILES string of the molecule is CCOc1cccc(N2C(=O)/C(=C/c3ccc(OC)c([N+](=O)[O-])c3)C(=O)NC2=S)c1. The molecule has 2 aromatic carbocycles. The van der Waals surface area contributed by atoms with Gasteiger partial charge in [-0.3, -0.25) is 29.9 Å². The van der Waals surface area contributed by atoms with Crippen molar-refractivity contribution < 1.29 is 24.0 Å². The Kier molecular flexibility index (Phi) is 6.07. The number of hydrogen-bond donors (Lipinski definition) is 1. The summed E-state index contributed by atoms with van der Waals surface area (Å²) in [6.45, 7) is 2.28. The van der Waals surface area contributed by atoms with Gasteiger partial charge in [0.05, 0.1) is 24.3 Å². The fourth-order valence-corrected chi connectivity index (χ4v) is 3.16. The molecule has 10 heteroatoms. The van der Waals surface area contributed by atoms with E-state index in [9.17, 15) is 19.7 Å². The molecular formula is C20H17N3O6S. The van der Waals surface area contributed by atoms with Crippen molar-refractivity contribution in [3.05, 3.63) is 63.7 Å². The van der Waals surface area contributed by atoms with Gasteiger partial charge in [0.2, 0.25) is 0 Å². The van der Waals surface area contributed by atoms with Gasteiger partial charge in [0.1, 0.15) is 11.3 Å². The fraction of sp³-hybridized carbons (Fsp3) is 0.150. The lowest BCUT2D eigenvalue weighted by Crippen LogP contribution is -2.54. The number of carbonyl (C=O) groups is 2. The maximum Gasteiger partial charge on any atom is 0.311 e. The van der Waals surface area contributed by atoms with E-state index in [4.69, 9.17) is 21.7 Å². The van der Waals surface area contributed by atoms with Crippen LogP contribution in [0.2, 0.25) is 0 Å². The van der Waals surface area contributed by atoms with Gasteiger partial charge in [0.25, 0.3) is 11.8 Å². The number of anilines is 1. The number of rotatable bonds is 6. The summed E-state index contributed by atoms with van der Waals surface area (Å²) in [6.07, 6.45) is 1.27. The first-order valence-corrected chi connectivity index (χ1v) is 9.23. The number of thiocarbonyl (C=S) groups is 1. The Morgan fingerprint density at radius 2 is 2.00 bits per heavy atom. The second-order valence-electron chi connectivity index (χ2n) is 6.08. The Bertz CT molecular complexity index is 1080. The van der Waals surface area contributed by atoms with E-state index in [-0.39, 0.29) is 27.7 Å². The fourth-order valence-electron chi connectivity index (χ4n) is 2.88. The standard InChI is InChI=1S/C20H17N3O6S/c1-3-29-14-6-4-5-13(11-14)22-19(25)15(18(24)21-20(22)30)9-12-7-8-17(28-2)16(10-12)23(26)27/h4-11H,3H2,1-2H3,(H,21,24,30)/b15-9+. The summed E-state index contributed by atoms with van der Waals surface area (Å²) in [7, 11) is 1.31. The third-order valence-corrected chi connectivity index (χ3v) is 4.48. The van der Waals surface area contributed by atoms with Crippen LogP contribution in [0, 0.1) is 10.1 Å². The summed E-state index contributed by atoms with van der Waals surface area (Å²) >= 11 is 5.18. The van der Waals surface area contributed by atoms with Gasteiger partial charge in [-0.05, 0) is 49.0 Å². The number of ether oxygens (including phenoxy) is 2. The predicted molar refractivity (Wildman–Crippen MR) is 113 cm³/mol. The van der Waals surface area contributed by atoms with Gasteiger partial charge in [0.15, 0.2) is 10.9 Å². The van der Waals surface area contributed by atoms with Crippen molar-refractivity contribution in [2.75, 3.05) is 18.6 Å². The molecule has 2 amide bonds. The lowest BCUT2D eigenvalue weighted by Gasteiger charge is -2.29. The number of methoxy groups -OCH3 is 1. The first kappa shape index (κ1) is 20.9. The molecule has 9 nitrogen and oxygen atoms in total. The average Bonchev–Trinajstić information content (AvgIpc) is 2.71. The number of nitro groups is 1. The molecular weight excluding hydrogens is 410 g/mol. The van der Waals surface area contributed by atoms with E-state index < -0.39 is 16.7 Å². The molecule has 2 aromatic rings. The third kappa shape index (κ3) is 4.13. The van der Waals surface area contributed by atoms with Crippen molar-refractivity contribution >= 4 is 46.6 Å². The van der Waals surface area contributed by atoms with Gasteiger partial charge in [-0.25, -0.2) is 0 Å². The first-order valence-electron chi connectivity index (χ1n) is 8.82. The topological polar surface area (TPSA) is 111 Å². The van der Waals surface area contributed by atoms with Crippen LogP contribution in [0.4, 0.5) is 11.4 Å². The van der Waals surface area contributed by atoms with Crippen molar-refractivity contribution in [3.8, 4) is 11.5 Å². The molecule has 0 spiro atoms. The molecule has 1 saturated heterocycles. The highest BCUT2D eigenvalue weighted by atomic mass is 32.1. The van der Waals surface area contributed by atoms with Crippen LogP contribution < -0.4 is 19.7 Å². The molecule has 0 aliphatic carbocycles. The Hall–Kier alpha value is -3.79. The monoisotopic (exact) mass is 427 g/mol.